The molecule has 262 valence electrons. The molecule has 7 rings (SSSR count). The number of nitrogens with one attached hydrogen (secondary N) is 1. The third kappa shape index (κ3) is 7.59. The summed E-state index contributed by atoms with van der Waals surface area (Å²) in [5.74, 6) is -0.220. The molecule has 0 bridgehead atoms. The molecule has 0 aliphatic carbocycles. The molecule has 2 fully saturated rings. The molecule has 8 nitrogen and oxygen atoms in total. The molecule has 0 radical (unpaired) electrons. The van der Waals surface area contributed by atoms with E-state index in [1.165, 1.54) is 44.5 Å². The lowest BCUT2D eigenvalue weighted by Gasteiger charge is -2.18. The molecule has 0 unspecified atom stereocenters. The predicted molar refractivity (Wildman–Crippen MR) is 206 cm³/mol. The topological polar surface area (TPSA) is 102 Å². The Hall–Kier alpha value is -4.89. The van der Waals surface area contributed by atoms with Gasteiger partial charge in [0.1, 0.15) is 5.52 Å². The standard InChI is InChI=1S/C43H47N5O3/c1-27-20-36(25-48-17-14-35(24-48)43(50)51)28(2)19-33(27)12-11-32-7-5-8-38(29(32)3)39-9-6-10-40(30(39)4)46-42-41-34(13-16-44-42)21-31(22-45-41)23-47-18-15-37(49)26-47/h5-13,16,19-22,35,37,49H,14-15,17-18,23-26H2,1-4H3,(H,44,46)(H,50,51)/b12-11+/t35-,37-/m1/s1. The lowest BCUT2D eigenvalue weighted by Crippen LogP contribution is -2.23. The van der Waals surface area contributed by atoms with Crippen molar-refractivity contribution in [1.82, 2.24) is 19.8 Å². The molecule has 3 aromatic carbocycles. The average molecular weight is 682 g/mol. The van der Waals surface area contributed by atoms with Gasteiger partial charge < -0.3 is 15.5 Å². The van der Waals surface area contributed by atoms with Crippen LogP contribution in [0.2, 0.25) is 0 Å². The van der Waals surface area contributed by atoms with Crippen LogP contribution in [0.15, 0.2) is 73.1 Å². The van der Waals surface area contributed by atoms with E-state index in [1.807, 2.05) is 18.5 Å². The Morgan fingerprint density at radius 1 is 0.843 bits per heavy atom. The Morgan fingerprint density at radius 2 is 1.59 bits per heavy atom. The number of fused-ring (bicyclic) bond motifs is 1. The van der Waals surface area contributed by atoms with Crippen LogP contribution < -0.4 is 5.32 Å². The van der Waals surface area contributed by atoms with Crippen LogP contribution in [-0.2, 0) is 17.9 Å². The number of aromatic nitrogens is 2. The Bertz CT molecular complexity index is 2130. The van der Waals surface area contributed by atoms with Crippen LogP contribution in [0.5, 0.6) is 0 Å². The van der Waals surface area contributed by atoms with Crippen LogP contribution in [0, 0.1) is 33.6 Å². The lowest BCUT2D eigenvalue weighted by molar-refractivity contribution is -0.141. The number of likely N-dealkylation sites (tertiary alicyclic amines) is 2. The van der Waals surface area contributed by atoms with Gasteiger partial charge in [-0.15, -0.1) is 0 Å². The first-order valence-corrected chi connectivity index (χ1v) is 18.0. The number of carboxylic acids is 1. The van der Waals surface area contributed by atoms with Gasteiger partial charge in [-0.3, -0.25) is 19.6 Å². The maximum absolute atomic E-state index is 11.4. The number of nitrogens with zero attached hydrogens (tertiary/aromatic N) is 4. The van der Waals surface area contributed by atoms with Gasteiger partial charge in [-0.1, -0.05) is 54.6 Å². The fourth-order valence-corrected chi connectivity index (χ4v) is 7.66. The molecule has 2 aliphatic heterocycles. The molecular weight excluding hydrogens is 635 g/mol. The number of pyridine rings is 2. The Kier molecular flexibility index (Phi) is 10.0. The fraction of sp³-hybridized carbons (Fsp3) is 0.326. The number of rotatable bonds is 10. The van der Waals surface area contributed by atoms with E-state index in [-0.39, 0.29) is 12.0 Å². The maximum Gasteiger partial charge on any atom is 0.307 e. The number of anilines is 2. The van der Waals surface area contributed by atoms with Crippen molar-refractivity contribution >= 4 is 40.5 Å². The highest BCUT2D eigenvalue weighted by atomic mass is 16.4. The summed E-state index contributed by atoms with van der Waals surface area (Å²) in [6.07, 6.45) is 9.48. The average Bonchev–Trinajstić information content (AvgIpc) is 3.76. The molecule has 0 saturated carbocycles. The van der Waals surface area contributed by atoms with Gasteiger partial charge in [-0.25, -0.2) is 4.98 Å². The number of β-amino-alcohol motifs (C(OH)–C–C–N with tert-alkyl or cyclic N) is 1. The van der Waals surface area contributed by atoms with E-state index in [1.54, 1.807) is 0 Å². The second-order valence-electron chi connectivity index (χ2n) is 14.4. The van der Waals surface area contributed by atoms with Gasteiger partial charge in [-0.2, -0.15) is 0 Å². The van der Waals surface area contributed by atoms with Crippen molar-refractivity contribution in [2.75, 3.05) is 31.5 Å². The molecule has 51 heavy (non-hydrogen) atoms. The second kappa shape index (κ2) is 14.8. The molecule has 4 heterocycles. The van der Waals surface area contributed by atoms with Crippen molar-refractivity contribution in [3.8, 4) is 11.1 Å². The van der Waals surface area contributed by atoms with Crippen molar-refractivity contribution in [2.45, 2.75) is 59.7 Å². The zero-order valence-corrected chi connectivity index (χ0v) is 30.0. The van der Waals surface area contributed by atoms with Crippen molar-refractivity contribution < 1.29 is 15.0 Å². The van der Waals surface area contributed by atoms with Gasteiger partial charge in [0.05, 0.1) is 12.0 Å². The van der Waals surface area contributed by atoms with Crippen molar-refractivity contribution in [2.24, 2.45) is 5.92 Å². The minimum Gasteiger partial charge on any atom is -0.481 e. The van der Waals surface area contributed by atoms with E-state index >= 15 is 0 Å². The van der Waals surface area contributed by atoms with Crippen LogP contribution >= 0.6 is 0 Å². The minimum atomic E-state index is -0.689. The Labute approximate surface area is 300 Å². The molecule has 0 amide bonds. The van der Waals surface area contributed by atoms with Crippen LogP contribution in [0.25, 0.3) is 34.2 Å². The number of hydrogen-bond donors (Lipinski definition) is 3. The highest BCUT2D eigenvalue weighted by Gasteiger charge is 2.28. The summed E-state index contributed by atoms with van der Waals surface area (Å²) in [6.45, 7) is 13.3. The normalized spacial score (nSPS) is 18.3. The first-order chi connectivity index (χ1) is 24.6. The highest BCUT2D eigenvalue weighted by molar-refractivity contribution is 5.91. The van der Waals surface area contributed by atoms with E-state index in [2.05, 4.69) is 115 Å². The SMILES string of the molecule is Cc1cc(CN2CC[C@@H](C(=O)O)C2)c(C)cc1/C=C/c1cccc(-c2cccc(Nc3nccc4cc(CN5CC[C@@H](O)C5)cnc34)c2C)c1C. The quantitative estimate of drug-likeness (QED) is 0.128. The van der Waals surface area contributed by atoms with Crippen LogP contribution in [0.4, 0.5) is 11.5 Å². The predicted octanol–water partition coefficient (Wildman–Crippen LogP) is 7.92. The summed E-state index contributed by atoms with van der Waals surface area (Å²) in [6, 6.07) is 21.5. The van der Waals surface area contributed by atoms with Gasteiger partial charge in [0, 0.05) is 56.2 Å². The van der Waals surface area contributed by atoms with Gasteiger partial charge in [0.15, 0.2) is 5.82 Å². The summed E-state index contributed by atoms with van der Waals surface area (Å²) in [7, 11) is 0. The summed E-state index contributed by atoms with van der Waals surface area (Å²) in [4.78, 5) is 25.5. The van der Waals surface area contributed by atoms with Crippen molar-refractivity contribution in [3.05, 3.63) is 118 Å². The molecule has 5 aromatic rings. The summed E-state index contributed by atoms with van der Waals surface area (Å²) in [5, 5.41) is 23.9. The van der Waals surface area contributed by atoms with Gasteiger partial charge in [-0.05, 0) is 121 Å². The summed E-state index contributed by atoms with van der Waals surface area (Å²) >= 11 is 0. The minimum absolute atomic E-state index is 0.235. The van der Waals surface area contributed by atoms with Crippen LogP contribution in [0.1, 0.15) is 57.3 Å². The number of carbonyl (C=O) groups is 1. The van der Waals surface area contributed by atoms with E-state index in [0.717, 1.165) is 72.6 Å². The smallest absolute Gasteiger partial charge is 0.307 e. The first kappa shape index (κ1) is 34.6. The van der Waals surface area contributed by atoms with Gasteiger partial charge in [0.25, 0.3) is 0 Å². The molecule has 2 aromatic heterocycles. The Morgan fingerprint density at radius 3 is 2.35 bits per heavy atom. The van der Waals surface area contributed by atoms with Crippen LogP contribution in [0.3, 0.4) is 0 Å². The number of carboxylic acid groups (broad SMARTS) is 1. The zero-order valence-electron chi connectivity index (χ0n) is 30.0. The van der Waals surface area contributed by atoms with E-state index in [9.17, 15) is 15.0 Å². The number of aryl methyl sites for hydroxylation is 2. The van der Waals surface area contributed by atoms with E-state index in [0.29, 0.717) is 13.1 Å². The molecule has 0 spiro atoms. The number of hydrogen-bond acceptors (Lipinski definition) is 7. The number of benzene rings is 3. The largest absolute Gasteiger partial charge is 0.481 e. The Balaban J connectivity index is 1.09. The molecule has 3 N–H and O–H groups in total. The molecule has 2 saturated heterocycles. The number of aliphatic hydroxyl groups is 1. The van der Waals surface area contributed by atoms with Gasteiger partial charge >= 0.3 is 5.97 Å². The van der Waals surface area contributed by atoms with Crippen molar-refractivity contribution in [3.63, 3.8) is 0 Å². The first-order valence-electron chi connectivity index (χ1n) is 18.0. The van der Waals surface area contributed by atoms with Crippen molar-refractivity contribution in [1.29, 1.82) is 0 Å². The monoisotopic (exact) mass is 681 g/mol. The third-order valence-corrected chi connectivity index (χ3v) is 10.7. The zero-order chi connectivity index (χ0) is 35.6. The highest BCUT2D eigenvalue weighted by Crippen LogP contribution is 2.35. The third-order valence-electron chi connectivity index (χ3n) is 10.7. The summed E-state index contributed by atoms with van der Waals surface area (Å²) in [5.41, 5.74) is 13.7. The lowest BCUT2D eigenvalue weighted by atomic mass is 9.92. The number of aliphatic hydroxyl groups excluding tert-OH is 1. The van der Waals surface area contributed by atoms with E-state index < -0.39 is 5.97 Å². The van der Waals surface area contributed by atoms with Crippen LogP contribution in [-0.4, -0.2) is 68.2 Å². The fourth-order valence-electron chi connectivity index (χ4n) is 7.66. The number of aliphatic carboxylic acids is 1. The molecule has 8 heteroatoms. The van der Waals surface area contributed by atoms with Gasteiger partial charge in [0.2, 0.25) is 0 Å². The molecule has 2 atom stereocenters. The van der Waals surface area contributed by atoms with E-state index in [4.69, 9.17) is 4.98 Å². The summed E-state index contributed by atoms with van der Waals surface area (Å²) < 4.78 is 0. The molecule has 2 aliphatic rings. The molecular formula is C43H47N5O3. The maximum atomic E-state index is 11.4. The second-order valence-corrected chi connectivity index (χ2v) is 14.4.